The van der Waals surface area contributed by atoms with Crippen LogP contribution in [0.3, 0.4) is 0 Å². The lowest BCUT2D eigenvalue weighted by Gasteiger charge is -2.25. The van der Waals surface area contributed by atoms with Crippen molar-refractivity contribution in [1.29, 1.82) is 0 Å². The summed E-state index contributed by atoms with van der Waals surface area (Å²) in [5.41, 5.74) is 0.972. The van der Waals surface area contributed by atoms with E-state index in [0.717, 1.165) is 24.5 Å². The molecule has 1 amide bonds. The van der Waals surface area contributed by atoms with Crippen molar-refractivity contribution in [2.24, 2.45) is 5.92 Å². The number of carbonyl (C=O) groups is 1. The summed E-state index contributed by atoms with van der Waals surface area (Å²) in [7, 11) is 2.17. The highest BCUT2D eigenvalue weighted by Crippen LogP contribution is 2.23. The number of likely N-dealkylation sites (tertiary alicyclic amines) is 1. The summed E-state index contributed by atoms with van der Waals surface area (Å²) in [4.78, 5) is 19.3. The molecule has 27 heavy (non-hydrogen) atoms. The molecule has 146 valence electrons. The summed E-state index contributed by atoms with van der Waals surface area (Å²) in [6.45, 7) is 6.48. The Morgan fingerprint density at radius 3 is 2.78 bits per heavy atom. The van der Waals surface area contributed by atoms with Crippen molar-refractivity contribution in [3.63, 3.8) is 0 Å². The number of ether oxygens (including phenoxy) is 1. The second-order valence-electron chi connectivity index (χ2n) is 7.64. The Kier molecular flexibility index (Phi) is 6.50. The zero-order chi connectivity index (χ0) is 19.2. The second kappa shape index (κ2) is 9.04. The van der Waals surface area contributed by atoms with E-state index in [4.69, 9.17) is 4.74 Å². The fraction of sp³-hybridized carbons (Fsp3) is 0.524. The predicted octanol–water partition coefficient (Wildman–Crippen LogP) is 3.60. The van der Waals surface area contributed by atoms with Crippen LogP contribution < -0.4 is 5.32 Å². The van der Waals surface area contributed by atoms with Gasteiger partial charge in [-0.1, -0.05) is 44.2 Å². The third kappa shape index (κ3) is 5.10. The topological polar surface area (TPSA) is 59.4 Å². The van der Waals surface area contributed by atoms with Crippen molar-refractivity contribution >= 4 is 6.09 Å². The molecule has 6 nitrogen and oxygen atoms in total. The lowest BCUT2D eigenvalue weighted by molar-refractivity contribution is 0.131. The molecule has 2 heterocycles. The minimum atomic E-state index is -0.412. The summed E-state index contributed by atoms with van der Waals surface area (Å²) >= 11 is 0. The van der Waals surface area contributed by atoms with Crippen LogP contribution in [0.1, 0.15) is 44.1 Å². The lowest BCUT2D eigenvalue weighted by Crippen LogP contribution is -2.36. The number of rotatable bonds is 7. The average Bonchev–Trinajstić information content (AvgIpc) is 3.28. The molecule has 1 fully saturated rings. The van der Waals surface area contributed by atoms with Crippen LogP contribution in [0, 0.1) is 5.92 Å². The molecule has 0 aliphatic carbocycles. The molecular weight excluding hydrogens is 340 g/mol. The van der Waals surface area contributed by atoms with E-state index in [0.29, 0.717) is 6.04 Å². The molecule has 0 saturated carbocycles. The highest BCUT2D eigenvalue weighted by atomic mass is 16.5. The molecule has 6 heteroatoms. The molecule has 1 N–H and O–H groups in total. The first-order valence-electron chi connectivity index (χ1n) is 9.73. The average molecular weight is 370 g/mol. The summed E-state index contributed by atoms with van der Waals surface area (Å²) in [5, 5.41) is 3.01. The van der Waals surface area contributed by atoms with Gasteiger partial charge >= 0.3 is 6.09 Å². The van der Waals surface area contributed by atoms with E-state index >= 15 is 0 Å². The molecule has 2 aromatic rings. The molecule has 0 spiro atoms. The van der Waals surface area contributed by atoms with Crippen molar-refractivity contribution in [1.82, 2.24) is 19.8 Å². The Bertz CT molecular complexity index is 729. The summed E-state index contributed by atoms with van der Waals surface area (Å²) < 4.78 is 7.58. The quantitative estimate of drug-likeness (QED) is 0.809. The molecule has 1 aromatic carbocycles. The van der Waals surface area contributed by atoms with Crippen molar-refractivity contribution in [2.45, 2.75) is 51.9 Å². The first-order valence-corrected chi connectivity index (χ1v) is 9.73. The highest BCUT2D eigenvalue weighted by molar-refractivity contribution is 5.67. The van der Waals surface area contributed by atoms with Gasteiger partial charge in [-0.3, -0.25) is 0 Å². The van der Waals surface area contributed by atoms with Gasteiger partial charge in [0.15, 0.2) is 0 Å². The Balaban J connectivity index is 1.63. The van der Waals surface area contributed by atoms with Crippen molar-refractivity contribution in [3.05, 3.63) is 54.1 Å². The van der Waals surface area contributed by atoms with Gasteiger partial charge in [0.1, 0.15) is 12.4 Å². The fourth-order valence-electron chi connectivity index (χ4n) is 3.61. The van der Waals surface area contributed by atoms with Crippen LogP contribution in [0.2, 0.25) is 0 Å². The number of imidazole rings is 1. The zero-order valence-electron chi connectivity index (χ0n) is 16.5. The molecule has 1 aliphatic rings. The van der Waals surface area contributed by atoms with E-state index in [9.17, 15) is 4.79 Å². The minimum absolute atomic E-state index is 0.185. The molecule has 3 rings (SSSR count). The minimum Gasteiger partial charge on any atom is -0.445 e. The standard InChI is InChI=1S/C21H30N4O2/c1-16(2)19(23-21(26)27-15-17-8-5-4-6-9-17)20-22-11-13-25(20)14-18-10-7-12-24(18)3/h4-6,8-9,11,13,16,18-19H,7,10,12,14-15H2,1-3H3,(H,23,26)/t18-,19+/m1/s1. The summed E-state index contributed by atoms with van der Waals surface area (Å²) in [6.07, 6.45) is 5.85. The van der Waals surface area contributed by atoms with Crippen LogP contribution in [0.4, 0.5) is 4.79 Å². The third-order valence-electron chi connectivity index (χ3n) is 5.26. The van der Waals surface area contributed by atoms with E-state index in [1.807, 2.05) is 42.7 Å². The van der Waals surface area contributed by atoms with Gasteiger partial charge < -0.3 is 19.5 Å². The number of hydrogen-bond donors (Lipinski definition) is 1. The number of benzene rings is 1. The van der Waals surface area contributed by atoms with E-state index in [2.05, 4.69) is 40.7 Å². The highest BCUT2D eigenvalue weighted by Gasteiger charge is 2.26. The maximum Gasteiger partial charge on any atom is 0.408 e. The Hall–Kier alpha value is -2.34. The smallest absolute Gasteiger partial charge is 0.408 e. The van der Waals surface area contributed by atoms with Crippen molar-refractivity contribution < 1.29 is 9.53 Å². The second-order valence-corrected chi connectivity index (χ2v) is 7.64. The third-order valence-corrected chi connectivity index (χ3v) is 5.26. The Morgan fingerprint density at radius 1 is 1.33 bits per heavy atom. The van der Waals surface area contributed by atoms with E-state index in [-0.39, 0.29) is 18.6 Å². The Morgan fingerprint density at radius 2 is 2.11 bits per heavy atom. The van der Waals surface area contributed by atoms with Gasteiger partial charge in [-0.05, 0) is 37.9 Å². The van der Waals surface area contributed by atoms with Crippen molar-refractivity contribution in [2.75, 3.05) is 13.6 Å². The fourth-order valence-corrected chi connectivity index (χ4v) is 3.61. The molecule has 0 unspecified atom stereocenters. The van der Waals surface area contributed by atoms with Gasteiger partial charge in [0.25, 0.3) is 0 Å². The SMILES string of the molecule is CC(C)[C@H](NC(=O)OCc1ccccc1)c1nccn1C[C@H]1CCCN1C. The molecule has 2 atom stereocenters. The number of nitrogens with zero attached hydrogens (tertiary/aromatic N) is 3. The zero-order valence-corrected chi connectivity index (χ0v) is 16.5. The van der Waals surface area contributed by atoms with Gasteiger partial charge in [-0.25, -0.2) is 9.78 Å². The normalized spacial score (nSPS) is 18.6. The van der Waals surface area contributed by atoms with Gasteiger partial charge in [0.05, 0.1) is 6.04 Å². The number of nitrogens with one attached hydrogen (secondary N) is 1. The largest absolute Gasteiger partial charge is 0.445 e. The number of alkyl carbamates (subject to hydrolysis) is 1. The maximum atomic E-state index is 12.4. The Labute approximate surface area is 161 Å². The van der Waals surface area contributed by atoms with Crippen LogP contribution in [0.25, 0.3) is 0 Å². The summed E-state index contributed by atoms with van der Waals surface area (Å²) in [6, 6.07) is 10.0. The van der Waals surface area contributed by atoms with Gasteiger partial charge in [-0.15, -0.1) is 0 Å². The lowest BCUT2D eigenvalue weighted by atomic mass is 10.0. The molecule has 0 bridgehead atoms. The molecule has 1 saturated heterocycles. The number of carbonyl (C=O) groups excluding carboxylic acids is 1. The van der Waals surface area contributed by atoms with E-state index in [1.54, 1.807) is 0 Å². The molecular formula is C21H30N4O2. The number of amides is 1. The number of hydrogen-bond acceptors (Lipinski definition) is 4. The molecule has 1 aliphatic heterocycles. The van der Waals surface area contributed by atoms with Crippen LogP contribution in [-0.2, 0) is 17.9 Å². The van der Waals surface area contributed by atoms with Crippen LogP contribution >= 0.6 is 0 Å². The van der Waals surface area contributed by atoms with Crippen molar-refractivity contribution in [3.8, 4) is 0 Å². The first-order chi connectivity index (χ1) is 13.0. The predicted molar refractivity (Wildman–Crippen MR) is 105 cm³/mol. The summed E-state index contributed by atoms with van der Waals surface area (Å²) in [5.74, 6) is 1.10. The molecule has 0 radical (unpaired) electrons. The monoisotopic (exact) mass is 370 g/mol. The van der Waals surface area contributed by atoms with Gasteiger partial charge in [0, 0.05) is 25.0 Å². The van der Waals surface area contributed by atoms with Gasteiger partial charge in [-0.2, -0.15) is 0 Å². The van der Waals surface area contributed by atoms with Crippen LogP contribution in [0.15, 0.2) is 42.7 Å². The van der Waals surface area contributed by atoms with Gasteiger partial charge in [0.2, 0.25) is 0 Å². The van der Waals surface area contributed by atoms with Crippen LogP contribution in [0.5, 0.6) is 0 Å². The maximum absolute atomic E-state index is 12.4. The first kappa shape index (κ1) is 19.4. The van der Waals surface area contributed by atoms with E-state index in [1.165, 1.54) is 12.8 Å². The number of aromatic nitrogens is 2. The van der Waals surface area contributed by atoms with Crippen LogP contribution in [-0.4, -0.2) is 40.2 Å². The molecule has 1 aromatic heterocycles. The van der Waals surface area contributed by atoms with E-state index < -0.39 is 6.09 Å². The number of likely N-dealkylation sites (N-methyl/N-ethyl adjacent to an activating group) is 1.